The van der Waals surface area contributed by atoms with Gasteiger partial charge in [-0.2, -0.15) is 0 Å². The number of rotatable bonds is 5. The van der Waals surface area contributed by atoms with Crippen molar-refractivity contribution in [1.82, 2.24) is 0 Å². The molecule has 0 amide bonds. The Labute approximate surface area is 101 Å². The molecule has 0 aromatic heterocycles. The van der Waals surface area contributed by atoms with Crippen molar-refractivity contribution in [2.45, 2.75) is 19.4 Å². The molecule has 7 heteroatoms. The molecule has 100 valence electrons. The second-order valence-corrected chi connectivity index (χ2v) is 3.29. The topological polar surface area (TPSA) is 55.8 Å². The third kappa shape index (κ3) is 4.25. The molecule has 1 N–H and O–H groups in total. The minimum atomic E-state index is -4.77. The van der Waals surface area contributed by atoms with E-state index in [0.29, 0.717) is 0 Å². The molecule has 18 heavy (non-hydrogen) atoms. The van der Waals surface area contributed by atoms with E-state index in [1.807, 2.05) is 0 Å². The summed E-state index contributed by atoms with van der Waals surface area (Å²) in [6.45, 7) is 1.80. The number of ether oxygens (including phenoxy) is 2. The number of carbonyl (C=O) groups is 1. The van der Waals surface area contributed by atoms with Crippen molar-refractivity contribution in [2.75, 3.05) is 6.61 Å². The van der Waals surface area contributed by atoms with Crippen LogP contribution in [-0.4, -0.2) is 24.0 Å². The number of halogens is 3. The summed E-state index contributed by atoms with van der Waals surface area (Å²) in [6.07, 6.45) is -5.97. The van der Waals surface area contributed by atoms with E-state index >= 15 is 0 Å². The molecular weight excluding hydrogens is 253 g/mol. The monoisotopic (exact) mass is 264 g/mol. The molecule has 1 unspecified atom stereocenters. The van der Waals surface area contributed by atoms with E-state index < -0.39 is 24.2 Å². The SMILES string of the molecule is CCOC(C(=O)O)c1ccc(OC(F)(F)F)cc1. The molecule has 1 rings (SSSR count). The first-order valence-electron chi connectivity index (χ1n) is 5.03. The molecule has 0 aliphatic rings. The number of alkyl halides is 3. The van der Waals surface area contributed by atoms with Gasteiger partial charge in [-0.3, -0.25) is 0 Å². The number of benzene rings is 1. The maximum Gasteiger partial charge on any atom is 0.573 e. The molecule has 0 aliphatic heterocycles. The maximum absolute atomic E-state index is 11.9. The lowest BCUT2D eigenvalue weighted by Gasteiger charge is -2.14. The Hall–Kier alpha value is -1.76. The van der Waals surface area contributed by atoms with Crippen molar-refractivity contribution in [3.8, 4) is 5.75 Å². The van der Waals surface area contributed by atoms with Crippen molar-refractivity contribution in [3.63, 3.8) is 0 Å². The van der Waals surface area contributed by atoms with Crippen molar-refractivity contribution in [1.29, 1.82) is 0 Å². The zero-order valence-corrected chi connectivity index (χ0v) is 9.40. The van der Waals surface area contributed by atoms with E-state index in [2.05, 4.69) is 4.74 Å². The van der Waals surface area contributed by atoms with Gasteiger partial charge >= 0.3 is 12.3 Å². The largest absolute Gasteiger partial charge is 0.573 e. The van der Waals surface area contributed by atoms with E-state index in [0.717, 1.165) is 12.1 Å². The van der Waals surface area contributed by atoms with Gasteiger partial charge in [0.2, 0.25) is 0 Å². The van der Waals surface area contributed by atoms with Gasteiger partial charge < -0.3 is 14.6 Å². The van der Waals surface area contributed by atoms with Crippen molar-refractivity contribution >= 4 is 5.97 Å². The number of carboxylic acids is 1. The zero-order chi connectivity index (χ0) is 13.8. The summed E-state index contributed by atoms with van der Waals surface area (Å²) in [5, 5.41) is 8.88. The highest BCUT2D eigenvalue weighted by Gasteiger charge is 2.31. The zero-order valence-electron chi connectivity index (χ0n) is 9.40. The van der Waals surface area contributed by atoms with Gasteiger partial charge in [0, 0.05) is 6.61 Å². The van der Waals surface area contributed by atoms with Crippen LogP contribution in [0.25, 0.3) is 0 Å². The van der Waals surface area contributed by atoms with Gasteiger partial charge in [0.25, 0.3) is 0 Å². The first kappa shape index (κ1) is 14.3. The van der Waals surface area contributed by atoms with Crippen molar-refractivity contribution in [2.24, 2.45) is 0 Å². The number of hydrogen-bond acceptors (Lipinski definition) is 3. The first-order valence-corrected chi connectivity index (χ1v) is 5.03. The van der Waals surface area contributed by atoms with E-state index in [1.54, 1.807) is 6.92 Å². The van der Waals surface area contributed by atoms with Crippen LogP contribution in [-0.2, 0) is 9.53 Å². The summed E-state index contributed by atoms with van der Waals surface area (Å²) in [5.74, 6) is -1.62. The van der Waals surface area contributed by atoms with E-state index in [1.165, 1.54) is 12.1 Å². The first-order chi connectivity index (χ1) is 8.33. The Kier molecular flexibility index (Phi) is 4.55. The smallest absolute Gasteiger partial charge is 0.479 e. The lowest BCUT2D eigenvalue weighted by atomic mass is 10.1. The lowest BCUT2D eigenvalue weighted by molar-refractivity contribution is -0.274. The third-order valence-electron chi connectivity index (χ3n) is 1.97. The summed E-state index contributed by atoms with van der Waals surface area (Å²) in [5.41, 5.74) is 0.249. The standard InChI is InChI=1S/C11H11F3O4/c1-2-17-9(10(15)16)7-3-5-8(6-4-7)18-11(12,13)14/h3-6,9H,2H2,1H3,(H,15,16). The highest BCUT2D eigenvalue weighted by atomic mass is 19.4. The molecule has 0 radical (unpaired) electrons. The summed E-state index contributed by atoms with van der Waals surface area (Å²) in [7, 11) is 0. The van der Waals surface area contributed by atoms with E-state index in [9.17, 15) is 18.0 Å². The van der Waals surface area contributed by atoms with Crippen molar-refractivity contribution < 1.29 is 32.5 Å². The van der Waals surface area contributed by atoms with Crippen LogP contribution in [0.1, 0.15) is 18.6 Å². The van der Waals surface area contributed by atoms with Gasteiger partial charge in [0.15, 0.2) is 6.10 Å². The van der Waals surface area contributed by atoms with Crippen LogP contribution in [0.15, 0.2) is 24.3 Å². The summed E-state index contributed by atoms with van der Waals surface area (Å²) < 4.78 is 44.4. The average molecular weight is 264 g/mol. The molecule has 1 aromatic rings. The molecule has 0 aliphatic carbocycles. The fraction of sp³-hybridized carbons (Fsp3) is 0.364. The van der Waals surface area contributed by atoms with Crippen molar-refractivity contribution in [3.05, 3.63) is 29.8 Å². The van der Waals surface area contributed by atoms with Crippen LogP contribution >= 0.6 is 0 Å². The Morgan fingerprint density at radius 2 is 1.89 bits per heavy atom. The molecule has 0 spiro atoms. The maximum atomic E-state index is 11.9. The van der Waals surface area contributed by atoms with E-state index in [4.69, 9.17) is 9.84 Å². The minimum absolute atomic E-state index is 0.178. The Morgan fingerprint density at radius 1 is 1.33 bits per heavy atom. The van der Waals surface area contributed by atoms with Gasteiger partial charge in [-0.1, -0.05) is 12.1 Å². The van der Waals surface area contributed by atoms with Crippen LogP contribution in [0, 0.1) is 0 Å². The third-order valence-corrected chi connectivity index (χ3v) is 1.97. The predicted molar refractivity (Wildman–Crippen MR) is 55.1 cm³/mol. The average Bonchev–Trinajstić information content (AvgIpc) is 2.25. The van der Waals surface area contributed by atoms with Gasteiger partial charge in [0.1, 0.15) is 5.75 Å². The van der Waals surface area contributed by atoms with Crippen LogP contribution in [0.4, 0.5) is 13.2 Å². The summed E-state index contributed by atoms with van der Waals surface area (Å²) >= 11 is 0. The second-order valence-electron chi connectivity index (χ2n) is 3.29. The number of aliphatic carboxylic acids is 1. The second kappa shape index (κ2) is 5.72. The molecule has 0 bridgehead atoms. The summed E-state index contributed by atoms with van der Waals surface area (Å²) in [6, 6.07) is 4.51. The van der Waals surface area contributed by atoms with Gasteiger partial charge in [-0.15, -0.1) is 13.2 Å². The normalized spacial score (nSPS) is 13.1. The highest BCUT2D eigenvalue weighted by molar-refractivity contribution is 5.74. The van der Waals surface area contributed by atoms with Crippen LogP contribution in [0.3, 0.4) is 0 Å². The van der Waals surface area contributed by atoms with E-state index in [-0.39, 0.29) is 12.2 Å². The highest BCUT2D eigenvalue weighted by Crippen LogP contribution is 2.25. The molecule has 0 saturated heterocycles. The molecule has 4 nitrogen and oxygen atoms in total. The van der Waals surface area contributed by atoms with Crippen LogP contribution in [0.2, 0.25) is 0 Å². The fourth-order valence-corrected chi connectivity index (χ4v) is 1.32. The fourth-order valence-electron chi connectivity index (χ4n) is 1.32. The quantitative estimate of drug-likeness (QED) is 0.888. The number of carboxylic acid groups (broad SMARTS) is 1. The number of hydrogen-bond donors (Lipinski definition) is 1. The predicted octanol–water partition coefficient (Wildman–Crippen LogP) is 2.75. The lowest BCUT2D eigenvalue weighted by Crippen LogP contribution is -2.18. The molecule has 0 heterocycles. The molecular formula is C11H11F3O4. The molecule has 1 atom stereocenters. The molecule has 0 saturated carbocycles. The minimum Gasteiger partial charge on any atom is -0.479 e. The Bertz CT molecular complexity index is 400. The summed E-state index contributed by atoms with van der Waals surface area (Å²) in [4.78, 5) is 10.9. The molecule has 1 aromatic carbocycles. The van der Waals surface area contributed by atoms with Gasteiger partial charge in [0.05, 0.1) is 0 Å². The van der Waals surface area contributed by atoms with Crippen LogP contribution < -0.4 is 4.74 Å². The Morgan fingerprint density at radius 3 is 2.28 bits per heavy atom. The molecule has 0 fully saturated rings. The van der Waals surface area contributed by atoms with Gasteiger partial charge in [-0.05, 0) is 24.6 Å². The van der Waals surface area contributed by atoms with Crippen LogP contribution in [0.5, 0.6) is 5.75 Å². The Balaban J connectivity index is 2.83. The van der Waals surface area contributed by atoms with Gasteiger partial charge in [-0.25, -0.2) is 4.79 Å².